The van der Waals surface area contributed by atoms with Crippen LogP contribution in [0.1, 0.15) is 43.2 Å². The lowest BCUT2D eigenvalue weighted by atomic mass is 9.88. The molecule has 5 heteroatoms. The van der Waals surface area contributed by atoms with Gasteiger partial charge in [-0.2, -0.15) is 0 Å². The second kappa shape index (κ2) is 8.37. The zero-order valence-electron chi connectivity index (χ0n) is 15.2. The zero-order chi connectivity index (χ0) is 17.6. The standard InChI is InChI=1S/C20H29N3O2/c1-16-6-5-7-17(14-16)15-21-20(25)23-12-10-22(11-13-23)19(24)18-8-3-2-4-9-18/h5-7,14,18H,2-4,8-13,15H2,1H3,(H,21,25). The molecule has 2 aliphatic rings. The van der Waals surface area contributed by atoms with E-state index in [-0.39, 0.29) is 11.9 Å². The fourth-order valence-electron chi connectivity index (χ4n) is 3.85. The van der Waals surface area contributed by atoms with Crippen LogP contribution in [0.15, 0.2) is 24.3 Å². The Hall–Kier alpha value is -2.04. The number of piperazine rings is 1. The molecular formula is C20H29N3O2. The zero-order valence-corrected chi connectivity index (χ0v) is 15.2. The molecule has 2 fully saturated rings. The topological polar surface area (TPSA) is 52.7 Å². The van der Waals surface area contributed by atoms with Crippen LogP contribution >= 0.6 is 0 Å². The van der Waals surface area contributed by atoms with Crippen molar-refractivity contribution in [2.45, 2.75) is 45.6 Å². The molecule has 1 aliphatic carbocycles. The Morgan fingerprint density at radius 2 is 1.72 bits per heavy atom. The minimum absolute atomic E-state index is 0.0359. The number of urea groups is 1. The van der Waals surface area contributed by atoms with E-state index >= 15 is 0 Å². The van der Waals surface area contributed by atoms with Gasteiger partial charge in [0.2, 0.25) is 5.91 Å². The lowest BCUT2D eigenvalue weighted by Crippen LogP contribution is -2.54. The van der Waals surface area contributed by atoms with Crippen LogP contribution in [0, 0.1) is 12.8 Å². The first kappa shape index (κ1) is 17.8. The third-order valence-corrected chi connectivity index (χ3v) is 5.36. The number of benzene rings is 1. The van der Waals surface area contributed by atoms with E-state index in [1.807, 2.05) is 34.9 Å². The minimum Gasteiger partial charge on any atom is -0.339 e. The van der Waals surface area contributed by atoms with Crippen LogP contribution in [-0.2, 0) is 11.3 Å². The largest absolute Gasteiger partial charge is 0.339 e. The summed E-state index contributed by atoms with van der Waals surface area (Å²) in [5.74, 6) is 0.523. The number of aryl methyl sites for hydroxylation is 1. The highest BCUT2D eigenvalue weighted by Gasteiger charge is 2.29. The van der Waals surface area contributed by atoms with E-state index in [9.17, 15) is 9.59 Å². The Labute approximate surface area is 150 Å². The summed E-state index contributed by atoms with van der Waals surface area (Å²) in [4.78, 5) is 28.7. The second-order valence-corrected chi connectivity index (χ2v) is 7.30. The second-order valence-electron chi connectivity index (χ2n) is 7.30. The molecule has 3 amide bonds. The fraction of sp³-hybridized carbons (Fsp3) is 0.600. The van der Waals surface area contributed by atoms with Gasteiger partial charge in [-0.1, -0.05) is 49.1 Å². The summed E-state index contributed by atoms with van der Waals surface area (Å²) < 4.78 is 0. The molecule has 5 nitrogen and oxygen atoms in total. The lowest BCUT2D eigenvalue weighted by molar-refractivity contribution is -0.138. The van der Waals surface area contributed by atoms with Gasteiger partial charge in [0, 0.05) is 38.6 Å². The van der Waals surface area contributed by atoms with Crippen molar-refractivity contribution in [3.8, 4) is 0 Å². The maximum atomic E-state index is 12.6. The Morgan fingerprint density at radius 1 is 1.04 bits per heavy atom. The van der Waals surface area contributed by atoms with E-state index in [1.54, 1.807) is 0 Å². The van der Waals surface area contributed by atoms with E-state index in [0.717, 1.165) is 18.4 Å². The third-order valence-electron chi connectivity index (χ3n) is 5.36. The normalized spacial score (nSPS) is 18.9. The number of hydrogen-bond donors (Lipinski definition) is 1. The summed E-state index contributed by atoms with van der Waals surface area (Å²) in [6, 6.07) is 8.13. The van der Waals surface area contributed by atoms with Gasteiger partial charge in [0.1, 0.15) is 0 Å². The maximum absolute atomic E-state index is 12.6. The van der Waals surface area contributed by atoms with Crippen LogP contribution in [-0.4, -0.2) is 47.9 Å². The highest BCUT2D eigenvalue weighted by atomic mass is 16.2. The predicted octanol–water partition coefficient (Wildman–Crippen LogP) is 2.93. The van der Waals surface area contributed by atoms with Crippen molar-refractivity contribution in [1.82, 2.24) is 15.1 Å². The van der Waals surface area contributed by atoms with Crippen LogP contribution in [0.5, 0.6) is 0 Å². The molecule has 1 N–H and O–H groups in total. The molecule has 1 aliphatic heterocycles. The van der Waals surface area contributed by atoms with E-state index in [4.69, 9.17) is 0 Å². The van der Waals surface area contributed by atoms with Gasteiger partial charge in [-0.3, -0.25) is 4.79 Å². The van der Waals surface area contributed by atoms with Crippen molar-refractivity contribution in [1.29, 1.82) is 0 Å². The highest BCUT2D eigenvalue weighted by molar-refractivity contribution is 5.79. The number of rotatable bonds is 3. The quantitative estimate of drug-likeness (QED) is 0.917. The van der Waals surface area contributed by atoms with Gasteiger partial charge in [0.25, 0.3) is 0 Å². The summed E-state index contributed by atoms with van der Waals surface area (Å²) in [5.41, 5.74) is 2.31. The third kappa shape index (κ3) is 4.74. The molecule has 0 bridgehead atoms. The number of nitrogens with zero attached hydrogens (tertiary/aromatic N) is 2. The molecule has 0 unspecified atom stereocenters. The van der Waals surface area contributed by atoms with Crippen molar-refractivity contribution in [2.24, 2.45) is 5.92 Å². The number of nitrogens with one attached hydrogen (secondary N) is 1. The van der Waals surface area contributed by atoms with Crippen LogP contribution in [0.4, 0.5) is 4.79 Å². The van der Waals surface area contributed by atoms with Crippen LogP contribution in [0.3, 0.4) is 0 Å². The van der Waals surface area contributed by atoms with Gasteiger partial charge >= 0.3 is 6.03 Å². The average molecular weight is 343 g/mol. The van der Waals surface area contributed by atoms with Gasteiger partial charge in [0.05, 0.1) is 0 Å². The molecule has 1 saturated carbocycles. The molecule has 0 aromatic heterocycles. The van der Waals surface area contributed by atoms with Gasteiger partial charge < -0.3 is 15.1 Å². The van der Waals surface area contributed by atoms with Gasteiger partial charge in [-0.05, 0) is 25.3 Å². The van der Waals surface area contributed by atoms with Gasteiger partial charge in [-0.15, -0.1) is 0 Å². The molecule has 1 aromatic rings. The molecule has 0 radical (unpaired) electrons. The van der Waals surface area contributed by atoms with Crippen LogP contribution in [0.2, 0.25) is 0 Å². The molecule has 25 heavy (non-hydrogen) atoms. The highest BCUT2D eigenvalue weighted by Crippen LogP contribution is 2.25. The van der Waals surface area contributed by atoms with E-state index in [0.29, 0.717) is 38.6 Å². The molecule has 3 rings (SSSR count). The molecule has 0 atom stereocenters. The predicted molar refractivity (Wildman–Crippen MR) is 98.1 cm³/mol. The summed E-state index contributed by atoms with van der Waals surface area (Å²) in [7, 11) is 0. The molecule has 1 heterocycles. The Kier molecular flexibility index (Phi) is 5.95. The van der Waals surface area contributed by atoms with Crippen molar-refractivity contribution in [3.63, 3.8) is 0 Å². The van der Waals surface area contributed by atoms with E-state index in [2.05, 4.69) is 11.4 Å². The van der Waals surface area contributed by atoms with Crippen molar-refractivity contribution >= 4 is 11.9 Å². The van der Waals surface area contributed by atoms with Crippen molar-refractivity contribution in [2.75, 3.05) is 26.2 Å². The first-order valence-electron chi connectivity index (χ1n) is 9.50. The monoisotopic (exact) mass is 343 g/mol. The average Bonchev–Trinajstić information content (AvgIpc) is 2.66. The number of hydrogen-bond acceptors (Lipinski definition) is 2. The molecule has 1 aromatic carbocycles. The Balaban J connectivity index is 1.43. The summed E-state index contributed by atoms with van der Waals surface area (Å²) in [6.07, 6.45) is 5.69. The minimum atomic E-state index is -0.0359. The summed E-state index contributed by atoms with van der Waals surface area (Å²) >= 11 is 0. The number of amides is 3. The van der Waals surface area contributed by atoms with Crippen LogP contribution in [0.25, 0.3) is 0 Å². The van der Waals surface area contributed by atoms with Crippen molar-refractivity contribution < 1.29 is 9.59 Å². The van der Waals surface area contributed by atoms with E-state index < -0.39 is 0 Å². The van der Waals surface area contributed by atoms with Crippen LogP contribution < -0.4 is 5.32 Å². The maximum Gasteiger partial charge on any atom is 0.317 e. The van der Waals surface area contributed by atoms with Gasteiger partial charge in [0.15, 0.2) is 0 Å². The SMILES string of the molecule is Cc1cccc(CNC(=O)N2CCN(C(=O)C3CCCCC3)CC2)c1. The molecule has 0 spiro atoms. The number of carbonyl (C=O) groups excluding carboxylic acids is 2. The molecule has 1 saturated heterocycles. The first-order valence-corrected chi connectivity index (χ1v) is 9.50. The Morgan fingerprint density at radius 3 is 2.40 bits per heavy atom. The summed E-state index contributed by atoms with van der Waals surface area (Å²) in [5, 5.41) is 2.99. The fourth-order valence-corrected chi connectivity index (χ4v) is 3.85. The number of carbonyl (C=O) groups is 2. The Bertz CT molecular complexity index is 603. The van der Waals surface area contributed by atoms with Crippen molar-refractivity contribution in [3.05, 3.63) is 35.4 Å². The smallest absolute Gasteiger partial charge is 0.317 e. The van der Waals surface area contributed by atoms with E-state index in [1.165, 1.54) is 24.8 Å². The summed E-state index contributed by atoms with van der Waals surface area (Å²) in [6.45, 7) is 5.16. The molecular weight excluding hydrogens is 314 g/mol. The molecule has 136 valence electrons. The first-order chi connectivity index (χ1) is 12.1. The lowest BCUT2D eigenvalue weighted by Gasteiger charge is -2.37. The van der Waals surface area contributed by atoms with Gasteiger partial charge in [-0.25, -0.2) is 4.79 Å².